The molecule has 0 radical (unpaired) electrons. The van der Waals surface area contributed by atoms with Crippen LogP contribution in [0.1, 0.15) is 62.0 Å². The number of carbonyl (C=O) groups excluding carboxylic acids is 1. The lowest BCUT2D eigenvalue weighted by Gasteiger charge is -2.36. The van der Waals surface area contributed by atoms with E-state index in [0.717, 1.165) is 30.9 Å². The van der Waals surface area contributed by atoms with Gasteiger partial charge in [0.05, 0.1) is 12.0 Å². The highest BCUT2D eigenvalue weighted by molar-refractivity contribution is 5.76. The third-order valence-electron chi connectivity index (χ3n) is 8.12. The Labute approximate surface area is 243 Å². The van der Waals surface area contributed by atoms with Crippen molar-refractivity contribution < 1.29 is 28.9 Å². The van der Waals surface area contributed by atoms with Gasteiger partial charge in [0.1, 0.15) is 23.5 Å². The minimum atomic E-state index is -1.30. The molecule has 0 spiro atoms. The van der Waals surface area contributed by atoms with Crippen LogP contribution in [0.2, 0.25) is 0 Å². The van der Waals surface area contributed by atoms with Crippen LogP contribution in [0.15, 0.2) is 36.8 Å². The minimum Gasteiger partial charge on any atom is -0.480 e. The number of aliphatic hydroxyl groups is 1. The van der Waals surface area contributed by atoms with Crippen LogP contribution in [0.4, 0.5) is 15.0 Å². The van der Waals surface area contributed by atoms with Gasteiger partial charge in [-0.1, -0.05) is 0 Å². The summed E-state index contributed by atoms with van der Waals surface area (Å²) in [7, 11) is 0. The van der Waals surface area contributed by atoms with Gasteiger partial charge in [-0.05, 0) is 63.4 Å². The van der Waals surface area contributed by atoms with Crippen LogP contribution in [-0.4, -0.2) is 78.4 Å². The SMILES string of the molecule is CC(C)(C)OC(=O)N1CCN(c2ccc(-c3cc(F)c4c(c3)C(O)N(C(C(=O)O)c3ncn5c3CCC5)C4)cn2)CC1. The number of halogens is 1. The predicted octanol–water partition coefficient (Wildman–Crippen LogP) is 3.72. The average molecular weight is 579 g/mol. The van der Waals surface area contributed by atoms with Crippen molar-refractivity contribution in [3.8, 4) is 11.1 Å². The molecule has 222 valence electrons. The van der Waals surface area contributed by atoms with Crippen molar-refractivity contribution in [2.24, 2.45) is 0 Å². The Morgan fingerprint density at radius 2 is 1.83 bits per heavy atom. The Kier molecular flexibility index (Phi) is 7.14. The lowest BCUT2D eigenvalue weighted by Crippen LogP contribution is -2.50. The molecule has 2 N–H and O–H groups in total. The summed E-state index contributed by atoms with van der Waals surface area (Å²) in [6.45, 7) is 8.50. The summed E-state index contributed by atoms with van der Waals surface area (Å²) in [5.74, 6) is -0.902. The lowest BCUT2D eigenvalue weighted by molar-refractivity contribution is -0.149. The number of aliphatic carboxylic acids is 1. The first-order valence-electron chi connectivity index (χ1n) is 14.2. The fourth-order valence-corrected chi connectivity index (χ4v) is 6.04. The van der Waals surface area contributed by atoms with Gasteiger partial charge in [0.2, 0.25) is 0 Å². The summed E-state index contributed by atoms with van der Waals surface area (Å²) in [4.78, 5) is 38.9. The smallest absolute Gasteiger partial charge is 0.410 e. The Hall–Kier alpha value is -4.03. The fraction of sp³-hybridized carbons (Fsp3) is 0.467. The number of hydrogen-bond acceptors (Lipinski definition) is 8. The Balaban J connectivity index is 1.17. The Bertz CT molecular complexity index is 1510. The van der Waals surface area contributed by atoms with E-state index in [9.17, 15) is 19.8 Å². The number of aromatic nitrogens is 3. The maximum atomic E-state index is 15.4. The summed E-state index contributed by atoms with van der Waals surface area (Å²) in [6.07, 6.45) is 3.30. The fourth-order valence-electron chi connectivity index (χ4n) is 6.04. The molecule has 2 aromatic heterocycles. The van der Waals surface area contributed by atoms with Gasteiger partial charge < -0.3 is 29.3 Å². The molecule has 3 aromatic rings. The van der Waals surface area contributed by atoms with Gasteiger partial charge in [-0.2, -0.15) is 0 Å². The summed E-state index contributed by atoms with van der Waals surface area (Å²) >= 11 is 0. The average Bonchev–Trinajstić information content (AvgIpc) is 3.65. The van der Waals surface area contributed by atoms with E-state index in [-0.39, 0.29) is 18.2 Å². The number of nitrogens with zero attached hydrogens (tertiary/aromatic N) is 6. The number of pyridine rings is 1. The van der Waals surface area contributed by atoms with E-state index in [4.69, 9.17) is 4.74 Å². The van der Waals surface area contributed by atoms with Crippen LogP contribution in [0, 0.1) is 5.82 Å². The topological polar surface area (TPSA) is 124 Å². The minimum absolute atomic E-state index is 0.0433. The first kappa shape index (κ1) is 28.1. The first-order chi connectivity index (χ1) is 20.0. The first-order valence-corrected chi connectivity index (χ1v) is 14.2. The quantitative estimate of drug-likeness (QED) is 0.466. The second-order valence-electron chi connectivity index (χ2n) is 12.0. The number of aliphatic hydroxyl groups excluding tert-OH is 1. The van der Waals surface area contributed by atoms with Crippen molar-refractivity contribution in [2.75, 3.05) is 31.1 Å². The van der Waals surface area contributed by atoms with Crippen LogP contribution in [0.3, 0.4) is 0 Å². The van der Waals surface area contributed by atoms with Gasteiger partial charge in [-0.15, -0.1) is 0 Å². The molecule has 1 amide bonds. The number of carboxylic acid groups (broad SMARTS) is 1. The van der Waals surface area contributed by atoms with Crippen molar-refractivity contribution in [3.05, 3.63) is 65.1 Å². The Morgan fingerprint density at radius 1 is 1.07 bits per heavy atom. The van der Waals surface area contributed by atoms with Crippen LogP contribution in [-0.2, 0) is 29.0 Å². The number of carboxylic acids is 1. The van der Waals surface area contributed by atoms with Gasteiger partial charge in [-0.3, -0.25) is 9.69 Å². The molecule has 5 heterocycles. The van der Waals surface area contributed by atoms with Crippen molar-refractivity contribution >= 4 is 17.9 Å². The standard InChI is InChI=1S/C30H35FN6O5/c1-30(2,3)42-29(41)35-11-9-34(10-12-35)24-7-6-18(15-32-24)19-13-20-21(22(31)14-19)16-37(27(20)38)26(28(39)40)25-23-5-4-8-36(23)17-33-25/h6-7,13-15,17,26-27,38H,4-5,8-12,16H2,1-3H3,(H,39,40). The zero-order chi connectivity index (χ0) is 29.8. The van der Waals surface area contributed by atoms with Crippen molar-refractivity contribution in [1.29, 1.82) is 0 Å². The number of piperazine rings is 1. The molecule has 1 aromatic carbocycles. The van der Waals surface area contributed by atoms with Crippen molar-refractivity contribution in [2.45, 2.75) is 64.6 Å². The third-order valence-corrected chi connectivity index (χ3v) is 8.12. The van der Waals surface area contributed by atoms with Crippen LogP contribution < -0.4 is 4.90 Å². The molecule has 0 aliphatic carbocycles. The van der Waals surface area contributed by atoms with Crippen LogP contribution >= 0.6 is 0 Å². The number of imidazole rings is 1. The lowest BCUT2D eigenvalue weighted by atomic mass is 10.0. The van der Waals surface area contributed by atoms with Gasteiger partial charge in [0.25, 0.3) is 0 Å². The van der Waals surface area contributed by atoms with E-state index in [1.165, 1.54) is 11.0 Å². The van der Waals surface area contributed by atoms with E-state index >= 15 is 4.39 Å². The number of aryl methyl sites for hydroxylation is 1. The molecule has 0 saturated carbocycles. The number of anilines is 1. The van der Waals surface area contributed by atoms with Crippen molar-refractivity contribution in [1.82, 2.24) is 24.3 Å². The molecule has 12 heteroatoms. The molecular weight excluding hydrogens is 543 g/mol. The highest BCUT2D eigenvalue weighted by Crippen LogP contribution is 2.42. The molecule has 3 aliphatic heterocycles. The molecule has 6 rings (SSSR count). The second-order valence-corrected chi connectivity index (χ2v) is 12.0. The highest BCUT2D eigenvalue weighted by atomic mass is 19.1. The zero-order valence-corrected chi connectivity index (χ0v) is 24.0. The molecule has 1 saturated heterocycles. The van der Waals surface area contributed by atoms with E-state index in [2.05, 4.69) is 14.9 Å². The van der Waals surface area contributed by atoms with Gasteiger partial charge in [0.15, 0.2) is 6.04 Å². The molecule has 0 bridgehead atoms. The van der Waals surface area contributed by atoms with Gasteiger partial charge in [-0.25, -0.2) is 19.2 Å². The van der Waals surface area contributed by atoms with E-state index in [0.29, 0.717) is 48.6 Å². The normalized spacial score (nSPS) is 19.5. The monoisotopic (exact) mass is 578 g/mol. The summed E-state index contributed by atoms with van der Waals surface area (Å²) < 4.78 is 22.8. The zero-order valence-electron chi connectivity index (χ0n) is 24.0. The molecule has 42 heavy (non-hydrogen) atoms. The maximum absolute atomic E-state index is 15.4. The molecule has 1 fully saturated rings. The highest BCUT2D eigenvalue weighted by Gasteiger charge is 2.42. The van der Waals surface area contributed by atoms with Gasteiger partial charge >= 0.3 is 12.1 Å². The number of rotatable bonds is 5. The molecule has 11 nitrogen and oxygen atoms in total. The van der Waals surface area contributed by atoms with Crippen molar-refractivity contribution in [3.63, 3.8) is 0 Å². The molecular formula is C30H35FN6O5. The second kappa shape index (κ2) is 10.7. The molecule has 2 atom stereocenters. The number of ether oxygens (including phenoxy) is 1. The van der Waals surface area contributed by atoms with Gasteiger partial charge in [0, 0.05) is 67.8 Å². The number of fused-ring (bicyclic) bond motifs is 2. The number of hydrogen-bond donors (Lipinski definition) is 2. The number of amides is 1. The number of benzene rings is 1. The molecule has 2 unspecified atom stereocenters. The summed E-state index contributed by atoms with van der Waals surface area (Å²) in [5.41, 5.74) is 2.53. The summed E-state index contributed by atoms with van der Waals surface area (Å²) in [6, 6.07) is 5.61. The number of carbonyl (C=O) groups is 2. The van der Waals surface area contributed by atoms with Crippen LogP contribution in [0.5, 0.6) is 0 Å². The van der Waals surface area contributed by atoms with E-state index < -0.39 is 29.7 Å². The van der Waals surface area contributed by atoms with E-state index in [1.807, 2.05) is 37.5 Å². The third kappa shape index (κ3) is 5.20. The predicted molar refractivity (Wildman–Crippen MR) is 151 cm³/mol. The Morgan fingerprint density at radius 3 is 2.50 bits per heavy atom. The molecule has 3 aliphatic rings. The summed E-state index contributed by atoms with van der Waals surface area (Å²) in [5, 5.41) is 21.4. The largest absolute Gasteiger partial charge is 0.480 e. The maximum Gasteiger partial charge on any atom is 0.410 e. The van der Waals surface area contributed by atoms with E-state index in [1.54, 1.807) is 23.5 Å². The van der Waals surface area contributed by atoms with Crippen LogP contribution in [0.25, 0.3) is 11.1 Å².